The molecule has 0 atom stereocenters. The van der Waals surface area contributed by atoms with Crippen LogP contribution < -0.4 is 5.56 Å². The van der Waals surface area contributed by atoms with Gasteiger partial charge >= 0.3 is 0 Å². The highest BCUT2D eigenvalue weighted by Crippen LogP contribution is 2.08. The second-order valence-corrected chi connectivity index (χ2v) is 4.29. The molecule has 4 nitrogen and oxygen atoms in total. The molecule has 0 aliphatic heterocycles. The SMILES string of the molecule is C#CCN(C)Cc1nc2ccccc2c(=O)n1C. The summed E-state index contributed by atoms with van der Waals surface area (Å²) in [6.45, 7) is 1.09. The van der Waals surface area contributed by atoms with Crippen LogP contribution in [0.25, 0.3) is 10.9 Å². The molecular weight excluding hydrogens is 226 g/mol. The minimum atomic E-state index is -0.0234. The molecule has 1 aromatic heterocycles. The maximum atomic E-state index is 12.2. The van der Waals surface area contributed by atoms with Crippen LogP contribution in [0.2, 0.25) is 0 Å². The van der Waals surface area contributed by atoms with E-state index in [0.29, 0.717) is 18.5 Å². The van der Waals surface area contributed by atoms with E-state index in [1.165, 1.54) is 0 Å². The van der Waals surface area contributed by atoms with Gasteiger partial charge in [-0.25, -0.2) is 4.98 Å². The van der Waals surface area contributed by atoms with Gasteiger partial charge in [-0.15, -0.1) is 6.42 Å². The molecule has 0 aliphatic rings. The van der Waals surface area contributed by atoms with Crippen molar-refractivity contribution in [3.63, 3.8) is 0 Å². The number of terminal acetylenes is 1. The summed E-state index contributed by atoms with van der Waals surface area (Å²) in [6.07, 6.45) is 5.26. The zero-order valence-electron chi connectivity index (χ0n) is 10.6. The highest BCUT2D eigenvalue weighted by molar-refractivity contribution is 5.77. The lowest BCUT2D eigenvalue weighted by Crippen LogP contribution is -2.27. The smallest absolute Gasteiger partial charge is 0.261 e. The molecule has 1 aromatic carbocycles. The lowest BCUT2D eigenvalue weighted by atomic mass is 10.2. The third-order valence-corrected chi connectivity index (χ3v) is 2.85. The number of hydrogen-bond acceptors (Lipinski definition) is 3. The van der Waals surface area contributed by atoms with E-state index in [2.05, 4.69) is 10.9 Å². The van der Waals surface area contributed by atoms with Crippen LogP contribution in [-0.2, 0) is 13.6 Å². The average Bonchev–Trinajstić information content (AvgIpc) is 2.36. The lowest BCUT2D eigenvalue weighted by Gasteiger charge is -2.15. The molecule has 0 saturated heterocycles. The van der Waals surface area contributed by atoms with Gasteiger partial charge in [-0.1, -0.05) is 18.1 Å². The zero-order valence-corrected chi connectivity index (χ0v) is 10.6. The molecule has 1 heterocycles. The summed E-state index contributed by atoms with van der Waals surface area (Å²) < 4.78 is 1.58. The lowest BCUT2D eigenvalue weighted by molar-refractivity contribution is 0.351. The van der Waals surface area contributed by atoms with E-state index in [1.807, 2.05) is 30.1 Å². The molecule has 4 heteroatoms. The van der Waals surface area contributed by atoms with E-state index in [4.69, 9.17) is 6.42 Å². The summed E-state index contributed by atoms with van der Waals surface area (Å²) in [7, 11) is 3.64. The minimum Gasteiger partial charge on any atom is -0.298 e. The van der Waals surface area contributed by atoms with Gasteiger partial charge in [0, 0.05) is 7.05 Å². The summed E-state index contributed by atoms with van der Waals surface area (Å²) in [5, 5.41) is 0.642. The summed E-state index contributed by atoms with van der Waals surface area (Å²) in [5.41, 5.74) is 0.703. The second kappa shape index (κ2) is 5.03. The molecule has 2 rings (SSSR count). The Morgan fingerprint density at radius 3 is 2.89 bits per heavy atom. The van der Waals surface area contributed by atoms with Gasteiger partial charge in [0.05, 0.1) is 24.0 Å². The van der Waals surface area contributed by atoms with Crippen LogP contribution in [0.4, 0.5) is 0 Å². The molecule has 0 fully saturated rings. The summed E-state index contributed by atoms with van der Waals surface area (Å²) in [4.78, 5) is 18.6. The second-order valence-electron chi connectivity index (χ2n) is 4.29. The van der Waals surface area contributed by atoms with Crippen molar-refractivity contribution in [3.8, 4) is 12.3 Å². The van der Waals surface area contributed by atoms with Gasteiger partial charge in [-0.2, -0.15) is 0 Å². The van der Waals surface area contributed by atoms with E-state index in [0.717, 1.165) is 11.3 Å². The van der Waals surface area contributed by atoms with Gasteiger partial charge in [-0.05, 0) is 19.2 Å². The van der Waals surface area contributed by atoms with Crippen LogP contribution in [0.1, 0.15) is 5.82 Å². The largest absolute Gasteiger partial charge is 0.298 e. The Kier molecular flexibility index (Phi) is 3.45. The van der Waals surface area contributed by atoms with Crippen molar-refractivity contribution < 1.29 is 0 Å². The minimum absolute atomic E-state index is 0.0234. The van der Waals surface area contributed by atoms with Crippen LogP contribution in [0.3, 0.4) is 0 Å². The number of nitrogens with zero attached hydrogens (tertiary/aromatic N) is 3. The molecule has 0 aliphatic carbocycles. The van der Waals surface area contributed by atoms with Crippen molar-refractivity contribution in [2.24, 2.45) is 7.05 Å². The van der Waals surface area contributed by atoms with Gasteiger partial charge in [0.1, 0.15) is 5.82 Å². The fourth-order valence-corrected chi connectivity index (χ4v) is 1.86. The molecule has 0 amide bonds. The molecule has 0 spiro atoms. The van der Waals surface area contributed by atoms with E-state index < -0.39 is 0 Å². The Morgan fingerprint density at radius 2 is 2.17 bits per heavy atom. The Bertz CT molecular complexity index is 667. The van der Waals surface area contributed by atoms with Gasteiger partial charge in [0.25, 0.3) is 5.56 Å². The molecule has 0 N–H and O–H groups in total. The first-order valence-electron chi connectivity index (χ1n) is 5.70. The van der Waals surface area contributed by atoms with Gasteiger partial charge in [0.2, 0.25) is 0 Å². The molecule has 0 bridgehead atoms. The number of para-hydroxylation sites is 1. The highest BCUT2D eigenvalue weighted by Gasteiger charge is 2.09. The zero-order chi connectivity index (χ0) is 13.1. The average molecular weight is 241 g/mol. The van der Waals surface area contributed by atoms with Crippen molar-refractivity contribution >= 4 is 10.9 Å². The Balaban J connectivity index is 2.49. The van der Waals surface area contributed by atoms with Crippen molar-refractivity contribution in [2.75, 3.05) is 13.6 Å². The van der Waals surface area contributed by atoms with Crippen LogP contribution in [-0.4, -0.2) is 28.0 Å². The quantitative estimate of drug-likeness (QED) is 0.752. The van der Waals surface area contributed by atoms with E-state index in [-0.39, 0.29) is 5.56 Å². The van der Waals surface area contributed by atoms with Crippen LogP contribution in [0, 0.1) is 12.3 Å². The highest BCUT2D eigenvalue weighted by atomic mass is 16.1. The fourth-order valence-electron chi connectivity index (χ4n) is 1.86. The Hall–Kier alpha value is -2.12. The van der Waals surface area contributed by atoms with Gasteiger partial charge in [0.15, 0.2) is 0 Å². The topological polar surface area (TPSA) is 38.1 Å². The normalized spacial score (nSPS) is 10.8. The molecule has 2 aromatic rings. The maximum Gasteiger partial charge on any atom is 0.261 e. The van der Waals surface area contributed by atoms with Crippen molar-refractivity contribution in [3.05, 3.63) is 40.4 Å². The number of aromatic nitrogens is 2. The van der Waals surface area contributed by atoms with E-state index in [9.17, 15) is 4.79 Å². The Labute approximate surface area is 106 Å². The predicted molar refractivity (Wildman–Crippen MR) is 72.2 cm³/mol. The van der Waals surface area contributed by atoms with Crippen molar-refractivity contribution in [1.29, 1.82) is 0 Å². The van der Waals surface area contributed by atoms with Crippen LogP contribution >= 0.6 is 0 Å². The maximum absolute atomic E-state index is 12.2. The summed E-state index contributed by atoms with van der Waals surface area (Å²) in [6, 6.07) is 7.36. The van der Waals surface area contributed by atoms with Crippen molar-refractivity contribution in [1.82, 2.24) is 14.5 Å². The number of benzene rings is 1. The third kappa shape index (κ3) is 2.27. The summed E-state index contributed by atoms with van der Waals surface area (Å²) >= 11 is 0. The van der Waals surface area contributed by atoms with Crippen LogP contribution in [0.15, 0.2) is 29.1 Å². The molecule has 18 heavy (non-hydrogen) atoms. The standard InChI is InChI=1S/C14H15N3O/c1-4-9-16(2)10-13-15-12-8-6-5-7-11(12)14(18)17(13)3/h1,5-8H,9-10H2,2-3H3. The number of rotatable bonds is 3. The molecule has 0 unspecified atom stereocenters. The predicted octanol–water partition coefficient (Wildman–Crippen LogP) is 0.999. The fraction of sp³-hybridized carbons (Fsp3) is 0.286. The van der Waals surface area contributed by atoms with Gasteiger partial charge in [-0.3, -0.25) is 14.3 Å². The first-order chi connectivity index (χ1) is 8.63. The van der Waals surface area contributed by atoms with Gasteiger partial charge < -0.3 is 0 Å². The van der Waals surface area contributed by atoms with E-state index in [1.54, 1.807) is 17.7 Å². The first-order valence-corrected chi connectivity index (χ1v) is 5.70. The molecule has 92 valence electrons. The first kappa shape index (κ1) is 12.3. The number of fused-ring (bicyclic) bond motifs is 1. The third-order valence-electron chi connectivity index (χ3n) is 2.85. The molecule has 0 saturated carbocycles. The molecular formula is C14H15N3O. The van der Waals surface area contributed by atoms with Crippen molar-refractivity contribution in [2.45, 2.75) is 6.54 Å². The Morgan fingerprint density at radius 1 is 1.44 bits per heavy atom. The monoisotopic (exact) mass is 241 g/mol. The van der Waals surface area contributed by atoms with E-state index >= 15 is 0 Å². The summed E-state index contributed by atoms with van der Waals surface area (Å²) in [5.74, 6) is 3.29. The van der Waals surface area contributed by atoms with Crippen LogP contribution in [0.5, 0.6) is 0 Å². The molecule has 0 radical (unpaired) electrons. The number of hydrogen-bond donors (Lipinski definition) is 0.